The second kappa shape index (κ2) is 4.44. The van der Waals surface area contributed by atoms with Crippen molar-refractivity contribution in [3.63, 3.8) is 0 Å². The first-order chi connectivity index (χ1) is 6.16. The first-order valence-electron chi connectivity index (χ1n) is 4.09. The Balaban J connectivity index is 3.06. The Kier molecular flexibility index (Phi) is 3.51. The molecule has 0 saturated carbocycles. The molecule has 0 bridgehead atoms. The molecule has 70 valence electrons. The van der Waals surface area contributed by atoms with Gasteiger partial charge in [0.25, 0.3) is 0 Å². The van der Waals surface area contributed by atoms with Crippen LogP contribution >= 0.6 is 11.8 Å². The smallest absolute Gasteiger partial charge is 0.180 e. The average molecular weight is 195 g/mol. The van der Waals surface area contributed by atoms with Crippen LogP contribution in [-0.2, 0) is 0 Å². The molecule has 0 spiro atoms. The van der Waals surface area contributed by atoms with Crippen molar-refractivity contribution in [1.29, 1.82) is 0 Å². The number of carbonyl (C=O) groups excluding carboxylic acids is 1. The van der Waals surface area contributed by atoms with Crippen LogP contribution in [0.2, 0.25) is 0 Å². The Morgan fingerprint density at radius 1 is 1.46 bits per heavy atom. The van der Waals surface area contributed by atoms with E-state index in [1.54, 1.807) is 18.7 Å². The number of nitrogens with two attached hydrogens (primary N) is 1. The minimum Gasteiger partial charge on any atom is -0.321 e. The molecule has 0 aliphatic rings. The summed E-state index contributed by atoms with van der Waals surface area (Å²) in [5.74, 6) is 0.00458. The van der Waals surface area contributed by atoms with Gasteiger partial charge >= 0.3 is 0 Å². The molecule has 0 fully saturated rings. The molecule has 0 aliphatic carbocycles. The number of thioether (sulfide) groups is 1. The lowest BCUT2D eigenvalue weighted by molar-refractivity contribution is 0.0965. The number of Topliss-reactive ketones (excluding diaryl/α,β-unsaturated/α-hetero) is 1. The van der Waals surface area contributed by atoms with E-state index in [1.807, 2.05) is 30.5 Å². The van der Waals surface area contributed by atoms with Gasteiger partial charge < -0.3 is 5.73 Å². The molecule has 3 heteroatoms. The van der Waals surface area contributed by atoms with Crippen molar-refractivity contribution in [2.45, 2.75) is 17.9 Å². The standard InChI is InChI=1S/C10H13NOS/c1-7(11)10(12)8-5-3-4-6-9(8)13-2/h3-7H,11H2,1-2H3. The molecular weight excluding hydrogens is 182 g/mol. The maximum atomic E-state index is 11.6. The van der Waals surface area contributed by atoms with Gasteiger partial charge in [0.1, 0.15) is 0 Å². The molecule has 0 amide bonds. The normalized spacial score (nSPS) is 12.5. The summed E-state index contributed by atoms with van der Waals surface area (Å²) >= 11 is 1.56. The largest absolute Gasteiger partial charge is 0.321 e. The summed E-state index contributed by atoms with van der Waals surface area (Å²) in [6.45, 7) is 1.71. The van der Waals surface area contributed by atoms with Gasteiger partial charge in [-0.2, -0.15) is 0 Å². The zero-order valence-corrected chi connectivity index (χ0v) is 8.60. The van der Waals surface area contributed by atoms with Gasteiger partial charge in [0.05, 0.1) is 6.04 Å². The van der Waals surface area contributed by atoms with Crippen LogP contribution in [0.4, 0.5) is 0 Å². The Bertz CT molecular complexity index is 310. The third-order valence-electron chi connectivity index (χ3n) is 1.79. The van der Waals surface area contributed by atoms with Gasteiger partial charge in [-0.15, -0.1) is 11.8 Å². The van der Waals surface area contributed by atoms with Gasteiger partial charge in [0, 0.05) is 10.5 Å². The number of ketones is 1. The fraction of sp³-hybridized carbons (Fsp3) is 0.300. The fourth-order valence-corrected chi connectivity index (χ4v) is 1.70. The first kappa shape index (κ1) is 10.3. The van der Waals surface area contributed by atoms with E-state index in [2.05, 4.69) is 0 Å². The molecule has 1 aromatic carbocycles. The molecule has 0 heterocycles. The van der Waals surface area contributed by atoms with Crippen molar-refractivity contribution < 1.29 is 4.79 Å². The number of hydrogen-bond acceptors (Lipinski definition) is 3. The minimum atomic E-state index is -0.423. The molecule has 0 radical (unpaired) electrons. The number of hydrogen-bond donors (Lipinski definition) is 1. The van der Waals surface area contributed by atoms with E-state index in [9.17, 15) is 4.79 Å². The molecule has 2 N–H and O–H groups in total. The van der Waals surface area contributed by atoms with Gasteiger partial charge in [-0.1, -0.05) is 18.2 Å². The van der Waals surface area contributed by atoms with Crippen LogP contribution in [0.15, 0.2) is 29.2 Å². The lowest BCUT2D eigenvalue weighted by Crippen LogP contribution is -2.27. The van der Waals surface area contributed by atoms with Crippen LogP contribution in [-0.4, -0.2) is 18.1 Å². The highest BCUT2D eigenvalue weighted by Gasteiger charge is 2.13. The zero-order valence-electron chi connectivity index (χ0n) is 7.78. The molecule has 13 heavy (non-hydrogen) atoms. The maximum absolute atomic E-state index is 11.6. The molecule has 2 nitrogen and oxygen atoms in total. The Morgan fingerprint density at radius 3 is 2.62 bits per heavy atom. The van der Waals surface area contributed by atoms with E-state index in [4.69, 9.17) is 5.73 Å². The second-order valence-electron chi connectivity index (χ2n) is 2.85. The van der Waals surface area contributed by atoms with E-state index in [-0.39, 0.29) is 5.78 Å². The van der Waals surface area contributed by atoms with Crippen molar-refractivity contribution in [3.05, 3.63) is 29.8 Å². The maximum Gasteiger partial charge on any atom is 0.180 e. The van der Waals surface area contributed by atoms with Gasteiger partial charge in [-0.3, -0.25) is 4.79 Å². The SMILES string of the molecule is CSc1ccccc1C(=O)C(C)N. The van der Waals surface area contributed by atoms with Gasteiger partial charge in [0.2, 0.25) is 0 Å². The van der Waals surface area contributed by atoms with Gasteiger partial charge in [-0.25, -0.2) is 0 Å². The quantitative estimate of drug-likeness (QED) is 0.592. The van der Waals surface area contributed by atoms with Crippen LogP contribution in [0.25, 0.3) is 0 Å². The van der Waals surface area contributed by atoms with Gasteiger partial charge in [0.15, 0.2) is 5.78 Å². The van der Waals surface area contributed by atoms with Crippen LogP contribution in [0.3, 0.4) is 0 Å². The van der Waals surface area contributed by atoms with E-state index in [0.717, 1.165) is 10.5 Å². The monoisotopic (exact) mass is 195 g/mol. The molecule has 1 aromatic rings. The average Bonchev–Trinajstić information content (AvgIpc) is 2.16. The number of rotatable bonds is 3. The van der Waals surface area contributed by atoms with E-state index < -0.39 is 6.04 Å². The van der Waals surface area contributed by atoms with Gasteiger partial charge in [-0.05, 0) is 19.2 Å². The second-order valence-corrected chi connectivity index (χ2v) is 3.70. The van der Waals surface area contributed by atoms with Crippen LogP contribution in [0.1, 0.15) is 17.3 Å². The Morgan fingerprint density at radius 2 is 2.08 bits per heavy atom. The number of benzene rings is 1. The summed E-state index contributed by atoms with van der Waals surface area (Å²) in [7, 11) is 0. The molecule has 1 unspecified atom stereocenters. The fourth-order valence-electron chi connectivity index (χ4n) is 1.09. The van der Waals surface area contributed by atoms with Crippen molar-refractivity contribution in [2.75, 3.05) is 6.26 Å². The van der Waals surface area contributed by atoms with E-state index in [1.165, 1.54) is 0 Å². The summed E-state index contributed by atoms with van der Waals surface area (Å²) in [5, 5.41) is 0. The number of carbonyl (C=O) groups is 1. The van der Waals surface area contributed by atoms with Crippen LogP contribution in [0.5, 0.6) is 0 Å². The molecule has 1 atom stereocenters. The third-order valence-corrected chi connectivity index (χ3v) is 2.58. The highest BCUT2D eigenvalue weighted by Crippen LogP contribution is 2.20. The molecule has 0 aliphatic heterocycles. The Labute approximate surface area is 82.5 Å². The lowest BCUT2D eigenvalue weighted by Gasteiger charge is -2.07. The molecular formula is C10H13NOS. The highest BCUT2D eigenvalue weighted by atomic mass is 32.2. The lowest BCUT2D eigenvalue weighted by atomic mass is 10.1. The minimum absolute atomic E-state index is 0.00458. The summed E-state index contributed by atoms with van der Waals surface area (Å²) < 4.78 is 0. The summed E-state index contributed by atoms with van der Waals surface area (Å²) in [5.41, 5.74) is 6.26. The summed E-state index contributed by atoms with van der Waals surface area (Å²) in [6, 6.07) is 7.10. The first-order valence-corrected chi connectivity index (χ1v) is 5.32. The topological polar surface area (TPSA) is 43.1 Å². The van der Waals surface area contributed by atoms with E-state index >= 15 is 0 Å². The van der Waals surface area contributed by atoms with Crippen LogP contribution < -0.4 is 5.73 Å². The van der Waals surface area contributed by atoms with Crippen molar-refractivity contribution in [1.82, 2.24) is 0 Å². The predicted molar refractivity (Wildman–Crippen MR) is 56.2 cm³/mol. The van der Waals surface area contributed by atoms with Crippen molar-refractivity contribution >= 4 is 17.5 Å². The molecule has 0 aromatic heterocycles. The highest BCUT2D eigenvalue weighted by molar-refractivity contribution is 7.98. The molecule has 0 saturated heterocycles. The summed E-state index contributed by atoms with van der Waals surface area (Å²) in [6.07, 6.45) is 1.95. The Hall–Kier alpha value is -0.800. The zero-order chi connectivity index (χ0) is 9.84. The van der Waals surface area contributed by atoms with E-state index in [0.29, 0.717) is 0 Å². The summed E-state index contributed by atoms with van der Waals surface area (Å²) in [4.78, 5) is 12.6. The third kappa shape index (κ3) is 2.32. The van der Waals surface area contributed by atoms with Crippen molar-refractivity contribution in [3.8, 4) is 0 Å². The predicted octanol–water partition coefficient (Wildman–Crippen LogP) is 1.94. The van der Waals surface area contributed by atoms with Crippen molar-refractivity contribution in [2.24, 2.45) is 5.73 Å². The van der Waals surface area contributed by atoms with Crippen LogP contribution in [0, 0.1) is 0 Å². The molecule has 1 rings (SSSR count).